The van der Waals surface area contributed by atoms with Gasteiger partial charge in [0, 0.05) is 5.75 Å². The second-order valence-electron chi connectivity index (χ2n) is 3.55. The molecule has 5 nitrogen and oxygen atoms in total. The van der Waals surface area contributed by atoms with Crippen LogP contribution in [0.15, 0.2) is 29.3 Å². The molecule has 96 valence electrons. The van der Waals surface area contributed by atoms with Crippen molar-refractivity contribution < 1.29 is 14.3 Å². The Morgan fingerprint density at radius 1 is 1.39 bits per heavy atom. The number of thioether (sulfide) groups is 1. The van der Waals surface area contributed by atoms with Crippen molar-refractivity contribution in [2.24, 2.45) is 4.99 Å². The molecule has 1 heterocycles. The zero-order chi connectivity index (χ0) is 12.8. The van der Waals surface area contributed by atoms with Gasteiger partial charge in [0.1, 0.15) is 11.5 Å². The third-order valence-electron chi connectivity index (χ3n) is 2.26. The first-order valence-corrected chi connectivity index (χ1v) is 6.50. The number of benzene rings is 1. The summed E-state index contributed by atoms with van der Waals surface area (Å²) in [6.07, 6.45) is 0. The van der Waals surface area contributed by atoms with E-state index in [1.807, 2.05) is 0 Å². The molecule has 0 aromatic heterocycles. The number of rotatable bonds is 4. The first-order valence-electron chi connectivity index (χ1n) is 5.52. The lowest BCUT2D eigenvalue weighted by atomic mass is 10.3. The van der Waals surface area contributed by atoms with Crippen LogP contribution in [-0.4, -0.2) is 37.1 Å². The summed E-state index contributed by atoms with van der Waals surface area (Å²) in [6, 6.07) is 7.08. The summed E-state index contributed by atoms with van der Waals surface area (Å²) in [5, 5.41) is 3.38. The Morgan fingerprint density at radius 2 is 2.11 bits per heavy atom. The molecule has 1 aliphatic rings. The SMILES string of the molecule is COc1ccc(OCC(=O)NC2=NCCS2)cc1. The van der Waals surface area contributed by atoms with Gasteiger partial charge in [0.25, 0.3) is 5.91 Å². The number of methoxy groups -OCH3 is 1. The Balaban J connectivity index is 1.77. The summed E-state index contributed by atoms with van der Waals surface area (Å²) < 4.78 is 10.4. The number of nitrogens with one attached hydrogen (secondary N) is 1. The van der Waals surface area contributed by atoms with E-state index in [1.165, 1.54) is 0 Å². The van der Waals surface area contributed by atoms with Gasteiger partial charge in [-0.05, 0) is 24.3 Å². The van der Waals surface area contributed by atoms with Crippen molar-refractivity contribution in [2.45, 2.75) is 0 Å². The highest BCUT2D eigenvalue weighted by atomic mass is 32.2. The van der Waals surface area contributed by atoms with Gasteiger partial charge in [0.2, 0.25) is 0 Å². The highest BCUT2D eigenvalue weighted by Gasteiger charge is 2.11. The molecule has 1 amide bonds. The minimum atomic E-state index is -0.195. The summed E-state index contributed by atoms with van der Waals surface area (Å²) in [7, 11) is 1.60. The second kappa shape index (κ2) is 6.30. The lowest BCUT2D eigenvalue weighted by Crippen LogP contribution is -2.31. The highest BCUT2D eigenvalue weighted by molar-refractivity contribution is 8.14. The maximum Gasteiger partial charge on any atom is 0.263 e. The number of nitrogens with zero attached hydrogens (tertiary/aromatic N) is 1. The van der Waals surface area contributed by atoms with Crippen LogP contribution in [0.4, 0.5) is 0 Å². The van der Waals surface area contributed by atoms with E-state index in [0.717, 1.165) is 18.0 Å². The first kappa shape index (κ1) is 12.8. The molecule has 0 fully saturated rings. The molecule has 0 bridgehead atoms. The maximum atomic E-state index is 11.5. The van der Waals surface area contributed by atoms with Crippen LogP contribution < -0.4 is 14.8 Å². The number of aliphatic imine (C=N–C) groups is 1. The normalized spacial score (nSPS) is 13.9. The number of hydrogen-bond donors (Lipinski definition) is 1. The Labute approximate surface area is 110 Å². The van der Waals surface area contributed by atoms with Crippen molar-refractivity contribution in [3.63, 3.8) is 0 Å². The molecular formula is C12H14N2O3S. The van der Waals surface area contributed by atoms with Crippen LogP contribution in [0.2, 0.25) is 0 Å². The molecule has 2 rings (SSSR count). The summed E-state index contributed by atoms with van der Waals surface area (Å²) in [5.74, 6) is 2.11. The van der Waals surface area contributed by atoms with Gasteiger partial charge in [0.05, 0.1) is 13.7 Å². The molecule has 0 radical (unpaired) electrons. The predicted molar refractivity (Wildman–Crippen MR) is 71.4 cm³/mol. The molecule has 1 aromatic rings. The highest BCUT2D eigenvalue weighted by Crippen LogP contribution is 2.16. The minimum Gasteiger partial charge on any atom is -0.497 e. The average Bonchev–Trinajstić information content (AvgIpc) is 2.90. The number of hydrogen-bond acceptors (Lipinski definition) is 5. The Hall–Kier alpha value is -1.69. The van der Waals surface area contributed by atoms with Crippen LogP contribution in [0.25, 0.3) is 0 Å². The van der Waals surface area contributed by atoms with Gasteiger partial charge >= 0.3 is 0 Å². The largest absolute Gasteiger partial charge is 0.497 e. The number of ether oxygens (including phenoxy) is 2. The Kier molecular flexibility index (Phi) is 4.46. The average molecular weight is 266 g/mol. The fourth-order valence-electron chi connectivity index (χ4n) is 1.39. The van der Waals surface area contributed by atoms with Gasteiger partial charge in [-0.25, -0.2) is 0 Å². The van der Waals surface area contributed by atoms with E-state index in [9.17, 15) is 4.79 Å². The fourth-order valence-corrected chi connectivity index (χ4v) is 2.13. The van der Waals surface area contributed by atoms with Crippen LogP contribution in [0.1, 0.15) is 0 Å². The minimum absolute atomic E-state index is 0.0219. The van der Waals surface area contributed by atoms with Crippen molar-refractivity contribution in [1.82, 2.24) is 5.32 Å². The van der Waals surface area contributed by atoms with Crippen molar-refractivity contribution in [2.75, 3.05) is 26.0 Å². The number of amides is 1. The fraction of sp³-hybridized carbons (Fsp3) is 0.333. The molecule has 18 heavy (non-hydrogen) atoms. The monoisotopic (exact) mass is 266 g/mol. The van der Waals surface area contributed by atoms with Gasteiger partial charge in [-0.3, -0.25) is 9.79 Å². The van der Waals surface area contributed by atoms with Crippen molar-refractivity contribution in [3.8, 4) is 11.5 Å². The van der Waals surface area contributed by atoms with Gasteiger partial charge in [0.15, 0.2) is 11.8 Å². The number of carbonyl (C=O) groups is 1. The molecule has 1 aromatic carbocycles. The van der Waals surface area contributed by atoms with E-state index in [0.29, 0.717) is 10.9 Å². The molecule has 1 aliphatic heterocycles. The molecule has 1 N–H and O–H groups in total. The molecule has 0 spiro atoms. The van der Waals surface area contributed by atoms with E-state index in [1.54, 1.807) is 43.1 Å². The molecule has 0 atom stereocenters. The molecule has 0 aliphatic carbocycles. The third kappa shape index (κ3) is 3.66. The van der Waals surface area contributed by atoms with E-state index >= 15 is 0 Å². The second-order valence-corrected chi connectivity index (χ2v) is 4.63. The van der Waals surface area contributed by atoms with Crippen LogP contribution >= 0.6 is 11.8 Å². The Bertz CT molecular complexity index is 445. The first-order chi connectivity index (χ1) is 8.78. The lowest BCUT2D eigenvalue weighted by molar-refractivity contribution is -0.121. The van der Waals surface area contributed by atoms with Crippen molar-refractivity contribution in [1.29, 1.82) is 0 Å². The number of amidine groups is 1. The Morgan fingerprint density at radius 3 is 2.72 bits per heavy atom. The van der Waals surface area contributed by atoms with E-state index in [-0.39, 0.29) is 12.5 Å². The molecule has 6 heteroatoms. The van der Waals surface area contributed by atoms with Gasteiger partial charge in [-0.1, -0.05) is 11.8 Å². The topological polar surface area (TPSA) is 59.9 Å². The maximum absolute atomic E-state index is 11.5. The molecule has 0 saturated heterocycles. The van der Waals surface area contributed by atoms with E-state index in [2.05, 4.69) is 10.3 Å². The summed E-state index contributed by atoms with van der Waals surface area (Å²) in [5.41, 5.74) is 0. The summed E-state index contributed by atoms with van der Waals surface area (Å²) >= 11 is 1.54. The van der Waals surface area contributed by atoms with Gasteiger partial charge < -0.3 is 14.8 Å². The van der Waals surface area contributed by atoms with Crippen LogP contribution in [0.5, 0.6) is 11.5 Å². The van der Waals surface area contributed by atoms with Gasteiger partial charge in [-0.15, -0.1) is 0 Å². The van der Waals surface area contributed by atoms with Crippen LogP contribution in [0, 0.1) is 0 Å². The molecule has 0 saturated carbocycles. The molecular weight excluding hydrogens is 252 g/mol. The van der Waals surface area contributed by atoms with E-state index in [4.69, 9.17) is 9.47 Å². The summed E-state index contributed by atoms with van der Waals surface area (Å²) in [4.78, 5) is 15.7. The zero-order valence-electron chi connectivity index (χ0n) is 10.0. The smallest absolute Gasteiger partial charge is 0.263 e. The lowest BCUT2D eigenvalue weighted by Gasteiger charge is -2.07. The third-order valence-corrected chi connectivity index (χ3v) is 3.15. The quantitative estimate of drug-likeness (QED) is 0.892. The van der Waals surface area contributed by atoms with Crippen molar-refractivity contribution >= 4 is 22.8 Å². The zero-order valence-corrected chi connectivity index (χ0v) is 10.8. The molecule has 0 unspecified atom stereocenters. The summed E-state index contributed by atoms with van der Waals surface area (Å²) in [6.45, 7) is 0.742. The van der Waals surface area contributed by atoms with Gasteiger partial charge in [-0.2, -0.15) is 0 Å². The number of carbonyl (C=O) groups excluding carboxylic acids is 1. The van der Waals surface area contributed by atoms with Crippen molar-refractivity contribution in [3.05, 3.63) is 24.3 Å². The predicted octanol–water partition coefficient (Wildman–Crippen LogP) is 1.29. The van der Waals surface area contributed by atoms with Crippen LogP contribution in [0.3, 0.4) is 0 Å². The standard InChI is InChI=1S/C12H14N2O3S/c1-16-9-2-4-10(5-3-9)17-8-11(15)14-12-13-6-7-18-12/h2-5H,6-8H2,1H3,(H,13,14,15). The van der Waals surface area contributed by atoms with E-state index < -0.39 is 0 Å². The van der Waals surface area contributed by atoms with Crippen LogP contribution in [-0.2, 0) is 4.79 Å².